The number of hydrogen-bond acceptors (Lipinski definition) is 0. The number of benzene rings is 1. The van der Waals surface area contributed by atoms with Crippen molar-refractivity contribution < 1.29 is 18.9 Å². The monoisotopic (exact) mass is 152 g/mol. The van der Waals surface area contributed by atoms with Crippen LogP contribution in [0.15, 0.2) is 30.3 Å². The van der Waals surface area contributed by atoms with Gasteiger partial charge in [-0.1, -0.05) is 31.7 Å². The van der Waals surface area contributed by atoms with E-state index in [-0.39, 0.29) is 18.9 Å². The van der Waals surface area contributed by atoms with E-state index in [0.29, 0.717) is 5.41 Å². The predicted molar refractivity (Wildman–Crippen MR) is 47.2 cm³/mol. The van der Waals surface area contributed by atoms with Crippen LogP contribution in [0.5, 0.6) is 0 Å². The van der Waals surface area contributed by atoms with Crippen molar-refractivity contribution >= 4 is 0 Å². The van der Waals surface area contributed by atoms with Crippen molar-refractivity contribution in [1.29, 1.82) is 0 Å². The fraction of sp³-hybridized carbons (Fsp3) is 0.364. The Kier molecular flexibility index (Phi) is 2.61. The van der Waals surface area contributed by atoms with Gasteiger partial charge in [0.2, 0.25) is 0 Å². The van der Waals surface area contributed by atoms with Crippen LogP contribution >= 0.6 is 0 Å². The second-order valence-electron chi connectivity index (χ2n) is 3.91. The third-order valence-electron chi connectivity index (χ3n) is 2.43. The van der Waals surface area contributed by atoms with Crippen LogP contribution in [0.3, 0.4) is 0 Å². The zero-order chi connectivity index (χ0) is 7.90. The van der Waals surface area contributed by atoms with E-state index in [2.05, 4.69) is 44.2 Å². The normalized spacial score (nSPS) is 18.3. The molecule has 12 heavy (non-hydrogen) atoms. The van der Waals surface area contributed by atoms with Gasteiger partial charge in [-0.15, -0.1) is 12.1 Å². The van der Waals surface area contributed by atoms with Crippen LogP contribution < -0.4 is 18.9 Å². The molecule has 0 amide bonds. The molecule has 58 valence electrons. The summed E-state index contributed by atoms with van der Waals surface area (Å²) in [6, 6.07) is 10.7. The maximum atomic E-state index is 2.30. The second-order valence-corrected chi connectivity index (χ2v) is 3.91. The summed E-state index contributed by atoms with van der Waals surface area (Å²) < 4.78 is 0. The molecule has 0 saturated heterocycles. The summed E-state index contributed by atoms with van der Waals surface area (Å²) in [4.78, 5) is 0. The van der Waals surface area contributed by atoms with Gasteiger partial charge >= 0.3 is 18.9 Å². The molecule has 1 aromatic carbocycles. The van der Waals surface area contributed by atoms with Crippen molar-refractivity contribution in [3.05, 3.63) is 41.8 Å². The van der Waals surface area contributed by atoms with Gasteiger partial charge in [0, 0.05) is 0 Å². The molecule has 1 fully saturated rings. The molecule has 0 nitrogen and oxygen atoms in total. The smallest absolute Gasteiger partial charge is 0.188 e. The molecule has 0 aliphatic heterocycles. The molecule has 1 aliphatic rings. The zero-order valence-electron chi connectivity index (χ0n) is 8.09. The molecular weight excluding hydrogens is 139 g/mol. The first-order chi connectivity index (χ1) is 5.20. The van der Waals surface area contributed by atoms with Gasteiger partial charge in [0.25, 0.3) is 0 Å². The van der Waals surface area contributed by atoms with E-state index in [9.17, 15) is 0 Å². The average Bonchev–Trinajstić information content (AvgIpc) is 2.62. The van der Waals surface area contributed by atoms with E-state index in [1.165, 1.54) is 12.0 Å². The molecule has 0 bridgehead atoms. The van der Waals surface area contributed by atoms with Crippen LogP contribution in [0.4, 0.5) is 0 Å². The minimum absolute atomic E-state index is 0. The van der Waals surface area contributed by atoms with Crippen LogP contribution in [0.1, 0.15) is 25.8 Å². The summed E-state index contributed by atoms with van der Waals surface area (Å²) in [7, 11) is 0. The van der Waals surface area contributed by atoms with Crippen LogP contribution in [0.25, 0.3) is 0 Å². The van der Waals surface area contributed by atoms with Gasteiger partial charge in [-0.05, 0) is 0 Å². The van der Waals surface area contributed by atoms with Gasteiger partial charge < -0.3 is 0 Å². The molecule has 1 aliphatic carbocycles. The van der Waals surface area contributed by atoms with Crippen LogP contribution in [-0.4, -0.2) is 0 Å². The largest absolute Gasteiger partial charge is 1.00 e. The molecule has 1 aromatic rings. The Morgan fingerprint density at radius 3 is 2.08 bits per heavy atom. The molecule has 0 atom stereocenters. The fourth-order valence-electron chi connectivity index (χ4n) is 1.53. The van der Waals surface area contributed by atoms with Crippen LogP contribution in [-0.2, 0) is 0 Å². The van der Waals surface area contributed by atoms with Crippen LogP contribution in [0.2, 0.25) is 0 Å². The third-order valence-corrected chi connectivity index (χ3v) is 2.43. The van der Waals surface area contributed by atoms with Crippen molar-refractivity contribution in [2.45, 2.75) is 20.3 Å². The molecule has 0 aromatic heterocycles. The minimum Gasteiger partial charge on any atom is -0.188 e. The maximum absolute atomic E-state index is 2.30. The molecule has 0 spiro atoms. The predicted octanol–water partition coefficient (Wildman–Crippen LogP) is 0.0431. The average molecular weight is 152 g/mol. The zero-order valence-corrected chi connectivity index (χ0v) is 8.09. The molecule has 0 heterocycles. The van der Waals surface area contributed by atoms with E-state index < -0.39 is 0 Å². The van der Waals surface area contributed by atoms with Crippen molar-refractivity contribution in [2.24, 2.45) is 5.41 Å². The quantitative estimate of drug-likeness (QED) is 0.394. The third kappa shape index (κ3) is 1.71. The Labute approximate surface area is 86.5 Å². The minimum atomic E-state index is 0. The van der Waals surface area contributed by atoms with E-state index in [1.54, 1.807) is 5.92 Å². The topological polar surface area (TPSA) is 0 Å². The summed E-state index contributed by atoms with van der Waals surface area (Å²) >= 11 is 0. The van der Waals surface area contributed by atoms with E-state index in [1.807, 2.05) is 0 Å². The first-order valence-corrected chi connectivity index (χ1v) is 4.12. The number of rotatable bonds is 1. The Morgan fingerprint density at radius 2 is 1.67 bits per heavy atom. The molecule has 0 N–H and O–H groups in total. The molecule has 1 heteroatoms. The summed E-state index contributed by atoms with van der Waals surface area (Å²) in [5.74, 6) is 1.61. The summed E-state index contributed by atoms with van der Waals surface area (Å²) in [5, 5.41) is 0. The van der Waals surface area contributed by atoms with Gasteiger partial charge in [0.05, 0.1) is 0 Å². The van der Waals surface area contributed by atoms with E-state index in [4.69, 9.17) is 0 Å². The van der Waals surface area contributed by atoms with Crippen molar-refractivity contribution in [3.63, 3.8) is 0 Å². The Morgan fingerprint density at radius 1 is 1.17 bits per heavy atom. The molecular formula is C11H13Li. The van der Waals surface area contributed by atoms with E-state index in [0.717, 1.165) is 0 Å². The molecule has 0 radical (unpaired) electrons. The van der Waals surface area contributed by atoms with Crippen LogP contribution in [0, 0.1) is 11.3 Å². The molecule has 0 unspecified atom stereocenters. The summed E-state index contributed by atoms with van der Waals surface area (Å²) in [5.41, 5.74) is 1.92. The van der Waals surface area contributed by atoms with Crippen molar-refractivity contribution in [1.82, 2.24) is 0 Å². The fourth-order valence-corrected chi connectivity index (χ4v) is 1.53. The van der Waals surface area contributed by atoms with Gasteiger partial charge in [-0.3, -0.25) is 0 Å². The van der Waals surface area contributed by atoms with Crippen molar-refractivity contribution in [3.8, 4) is 0 Å². The maximum Gasteiger partial charge on any atom is 1.00 e. The standard InChI is InChI=1S/C11H13.Li/c1-11(2)8-10(11)9-6-4-3-5-7-9;/h3-7H,8H2,1-2H3;/q-1;+1. The first-order valence-electron chi connectivity index (χ1n) is 4.12. The van der Waals surface area contributed by atoms with Gasteiger partial charge in [-0.25, -0.2) is 0 Å². The van der Waals surface area contributed by atoms with Gasteiger partial charge in [-0.2, -0.15) is 23.6 Å². The first kappa shape index (κ1) is 9.77. The number of hydrogen-bond donors (Lipinski definition) is 0. The SMILES string of the molecule is CC1(C)C[C-]1c1ccccc1.[Li+]. The molecule has 1 saturated carbocycles. The molecule has 2 rings (SSSR count). The summed E-state index contributed by atoms with van der Waals surface area (Å²) in [6.07, 6.45) is 1.27. The van der Waals surface area contributed by atoms with Crippen molar-refractivity contribution in [2.75, 3.05) is 0 Å². The summed E-state index contributed by atoms with van der Waals surface area (Å²) in [6.45, 7) is 4.60. The van der Waals surface area contributed by atoms with Gasteiger partial charge in [0.15, 0.2) is 0 Å². The van der Waals surface area contributed by atoms with E-state index >= 15 is 0 Å². The Hall–Kier alpha value is -0.313. The Bertz CT molecular complexity index is 251. The Balaban J connectivity index is 0.000000720. The van der Waals surface area contributed by atoms with Gasteiger partial charge in [0.1, 0.15) is 0 Å². The second kappa shape index (κ2) is 3.21.